The number of hydrogen-bond donors (Lipinski definition) is 0. The molecule has 0 aromatic carbocycles. The van der Waals surface area contributed by atoms with Gasteiger partial charge in [-0.15, -0.1) is 0 Å². The van der Waals surface area contributed by atoms with Gasteiger partial charge < -0.3 is 9.64 Å². The van der Waals surface area contributed by atoms with E-state index in [9.17, 15) is 4.79 Å². The predicted molar refractivity (Wildman–Crippen MR) is 64.2 cm³/mol. The summed E-state index contributed by atoms with van der Waals surface area (Å²) in [4.78, 5) is 14.0. The summed E-state index contributed by atoms with van der Waals surface area (Å²) in [6.45, 7) is 6.67. The van der Waals surface area contributed by atoms with Crippen LogP contribution in [-0.4, -0.2) is 40.9 Å². The van der Waals surface area contributed by atoms with E-state index in [0.29, 0.717) is 6.10 Å². The van der Waals surface area contributed by atoms with Gasteiger partial charge in [0.1, 0.15) is 0 Å². The number of alkyl halides is 1. The molecule has 15 heavy (non-hydrogen) atoms. The van der Waals surface area contributed by atoms with Crippen molar-refractivity contribution in [3.8, 4) is 0 Å². The van der Waals surface area contributed by atoms with E-state index in [1.807, 2.05) is 18.7 Å². The van der Waals surface area contributed by atoms with E-state index in [2.05, 4.69) is 22.9 Å². The van der Waals surface area contributed by atoms with Crippen molar-refractivity contribution in [1.29, 1.82) is 0 Å². The Balaban J connectivity index is 2.62. The van der Waals surface area contributed by atoms with Gasteiger partial charge in [0, 0.05) is 19.7 Å². The van der Waals surface area contributed by atoms with Crippen molar-refractivity contribution in [2.75, 3.05) is 13.7 Å². The van der Waals surface area contributed by atoms with Gasteiger partial charge in [0.2, 0.25) is 5.91 Å². The largest absolute Gasteiger partial charge is 0.381 e. The third-order valence-corrected chi connectivity index (χ3v) is 3.27. The van der Waals surface area contributed by atoms with Crippen molar-refractivity contribution in [2.45, 2.75) is 50.1 Å². The molecule has 2 atom stereocenters. The Morgan fingerprint density at radius 3 is 2.53 bits per heavy atom. The lowest BCUT2D eigenvalue weighted by atomic mass is 9.99. The molecule has 0 N–H and O–H groups in total. The molecule has 0 aliphatic carbocycles. The van der Waals surface area contributed by atoms with Crippen LogP contribution < -0.4 is 0 Å². The zero-order valence-electron chi connectivity index (χ0n) is 9.92. The van der Waals surface area contributed by atoms with Gasteiger partial charge in [-0.1, -0.05) is 15.9 Å². The van der Waals surface area contributed by atoms with E-state index in [-0.39, 0.29) is 11.9 Å². The zero-order chi connectivity index (χ0) is 11.6. The number of ether oxygens (including phenoxy) is 1. The summed E-state index contributed by atoms with van der Waals surface area (Å²) in [6, 6.07) is 0.271. The predicted octanol–water partition coefficient (Wildman–Crippen LogP) is 2.19. The Labute approximate surface area is 100 Å². The molecule has 1 fully saturated rings. The fourth-order valence-electron chi connectivity index (χ4n) is 1.99. The van der Waals surface area contributed by atoms with Crippen LogP contribution in [0.4, 0.5) is 0 Å². The number of carbonyl (C=O) groups is 1. The zero-order valence-corrected chi connectivity index (χ0v) is 11.5. The van der Waals surface area contributed by atoms with Crippen LogP contribution in [0.15, 0.2) is 0 Å². The monoisotopic (exact) mass is 277 g/mol. The first-order chi connectivity index (χ1) is 6.86. The highest BCUT2D eigenvalue weighted by atomic mass is 79.9. The number of halogens is 1. The second-order valence-corrected chi connectivity index (χ2v) is 6.68. The van der Waals surface area contributed by atoms with Crippen LogP contribution in [0.25, 0.3) is 0 Å². The van der Waals surface area contributed by atoms with Crippen molar-refractivity contribution in [2.24, 2.45) is 0 Å². The molecule has 1 aliphatic rings. The second kappa shape index (κ2) is 4.83. The number of carbonyl (C=O) groups excluding carboxylic acids is 1. The number of methoxy groups -OCH3 is 1. The molecule has 0 spiro atoms. The summed E-state index contributed by atoms with van der Waals surface area (Å²) in [7, 11) is 1.74. The average molecular weight is 278 g/mol. The maximum absolute atomic E-state index is 12.1. The van der Waals surface area contributed by atoms with Crippen LogP contribution in [-0.2, 0) is 9.53 Å². The normalized spacial score (nSPS) is 27.9. The lowest BCUT2D eigenvalue weighted by Gasteiger charge is -2.39. The number of hydrogen-bond acceptors (Lipinski definition) is 2. The van der Waals surface area contributed by atoms with E-state index < -0.39 is 4.32 Å². The number of nitrogens with zero attached hydrogens (tertiary/aromatic N) is 1. The van der Waals surface area contributed by atoms with Gasteiger partial charge in [-0.25, -0.2) is 0 Å². The third kappa shape index (κ3) is 3.18. The van der Waals surface area contributed by atoms with E-state index in [1.54, 1.807) is 7.11 Å². The van der Waals surface area contributed by atoms with Crippen molar-refractivity contribution in [1.82, 2.24) is 4.90 Å². The molecule has 0 aromatic heterocycles. The number of likely N-dealkylation sites (tertiary alicyclic amines) is 1. The highest BCUT2D eigenvalue weighted by Crippen LogP contribution is 2.26. The summed E-state index contributed by atoms with van der Waals surface area (Å²) >= 11 is 3.42. The Morgan fingerprint density at radius 2 is 2.13 bits per heavy atom. The number of amides is 1. The first-order valence-electron chi connectivity index (χ1n) is 5.39. The Kier molecular flexibility index (Phi) is 4.18. The minimum absolute atomic E-state index is 0.171. The van der Waals surface area contributed by atoms with Gasteiger partial charge in [-0.3, -0.25) is 4.79 Å². The Bertz CT molecular complexity index is 237. The van der Waals surface area contributed by atoms with E-state index in [4.69, 9.17) is 4.74 Å². The fraction of sp³-hybridized carbons (Fsp3) is 0.909. The van der Waals surface area contributed by atoms with E-state index >= 15 is 0 Å². The van der Waals surface area contributed by atoms with E-state index in [1.165, 1.54) is 0 Å². The first kappa shape index (κ1) is 13.0. The maximum atomic E-state index is 12.1. The summed E-state index contributed by atoms with van der Waals surface area (Å²) < 4.78 is 4.87. The van der Waals surface area contributed by atoms with Crippen molar-refractivity contribution >= 4 is 21.8 Å². The first-order valence-corrected chi connectivity index (χ1v) is 6.18. The summed E-state index contributed by atoms with van der Waals surface area (Å²) in [5, 5.41) is 0. The topological polar surface area (TPSA) is 29.5 Å². The standard InChI is InChI=1S/C11H20BrNO2/c1-8-7-9(15-4)5-6-13(8)10(14)11(2,3)12/h8-9H,5-7H2,1-4H3. The van der Waals surface area contributed by atoms with Crippen molar-refractivity contribution < 1.29 is 9.53 Å². The van der Waals surface area contributed by atoms with Crippen LogP contribution in [0.3, 0.4) is 0 Å². The maximum Gasteiger partial charge on any atom is 0.239 e. The summed E-state index contributed by atoms with van der Waals surface area (Å²) in [5.41, 5.74) is 0. The van der Waals surface area contributed by atoms with Gasteiger partial charge in [0.15, 0.2) is 0 Å². The van der Waals surface area contributed by atoms with Crippen LogP contribution in [0.5, 0.6) is 0 Å². The lowest BCUT2D eigenvalue weighted by Crippen LogP contribution is -2.51. The van der Waals surface area contributed by atoms with Crippen molar-refractivity contribution in [3.63, 3.8) is 0 Å². The molecule has 1 saturated heterocycles. The van der Waals surface area contributed by atoms with Crippen LogP contribution >= 0.6 is 15.9 Å². The minimum Gasteiger partial charge on any atom is -0.381 e. The van der Waals surface area contributed by atoms with Crippen molar-refractivity contribution in [3.05, 3.63) is 0 Å². The Morgan fingerprint density at radius 1 is 1.53 bits per heavy atom. The fourth-order valence-corrected chi connectivity index (χ4v) is 2.21. The van der Waals surface area contributed by atoms with E-state index in [0.717, 1.165) is 19.4 Å². The molecule has 1 amide bonds. The molecule has 88 valence electrons. The summed E-state index contributed by atoms with van der Waals surface area (Å²) in [6.07, 6.45) is 2.18. The SMILES string of the molecule is COC1CCN(C(=O)C(C)(C)Br)C(C)C1. The summed E-state index contributed by atoms with van der Waals surface area (Å²) in [5.74, 6) is 0.171. The Hall–Kier alpha value is -0.0900. The molecule has 0 saturated carbocycles. The highest BCUT2D eigenvalue weighted by molar-refractivity contribution is 9.10. The minimum atomic E-state index is -0.457. The molecular weight excluding hydrogens is 258 g/mol. The second-order valence-electron chi connectivity index (χ2n) is 4.70. The number of piperidine rings is 1. The molecule has 4 heteroatoms. The smallest absolute Gasteiger partial charge is 0.239 e. The lowest BCUT2D eigenvalue weighted by molar-refractivity contribution is -0.138. The molecule has 1 rings (SSSR count). The third-order valence-electron chi connectivity index (χ3n) is 2.93. The highest BCUT2D eigenvalue weighted by Gasteiger charge is 2.35. The van der Waals surface area contributed by atoms with Crippen LogP contribution in [0.1, 0.15) is 33.6 Å². The quantitative estimate of drug-likeness (QED) is 0.725. The number of rotatable bonds is 2. The molecule has 0 radical (unpaired) electrons. The molecule has 1 heterocycles. The molecule has 0 aromatic rings. The van der Waals surface area contributed by atoms with Gasteiger partial charge in [-0.05, 0) is 33.6 Å². The van der Waals surface area contributed by atoms with Crippen LogP contribution in [0.2, 0.25) is 0 Å². The molecule has 3 nitrogen and oxygen atoms in total. The van der Waals surface area contributed by atoms with Gasteiger partial charge in [-0.2, -0.15) is 0 Å². The van der Waals surface area contributed by atoms with Gasteiger partial charge >= 0.3 is 0 Å². The van der Waals surface area contributed by atoms with Gasteiger partial charge in [0.25, 0.3) is 0 Å². The average Bonchev–Trinajstić information content (AvgIpc) is 2.15. The molecule has 2 unspecified atom stereocenters. The van der Waals surface area contributed by atoms with Gasteiger partial charge in [0.05, 0.1) is 10.4 Å². The molecule has 1 aliphatic heterocycles. The molecule has 0 bridgehead atoms. The molecular formula is C11H20BrNO2. The van der Waals surface area contributed by atoms with Crippen LogP contribution in [0, 0.1) is 0 Å².